The summed E-state index contributed by atoms with van der Waals surface area (Å²) in [6.45, 7) is 5.74. The lowest BCUT2D eigenvalue weighted by Crippen LogP contribution is -2.33. The topological polar surface area (TPSA) is 12.5 Å². The Kier molecular flexibility index (Phi) is 5.01. The van der Waals surface area contributed by atoms with Crippen LogP contribution >= 0.6 is 11.6 Å². The molecule has 116 valence electrons. The van der Waals surface area contributed by atoms with Crippen LogP contribution in [0.4, 0.5) is 0 Å². The van der Waals surface area contributed by atoms with Crippen LogP contribution in [0, 0.1) is 5.92 Å². The van der Waals surface area contributed by atoms with Gasteiger partial charge in [0.1, 0.15) is 11.5 Å². The summed E-state index contributed by atoms with van der Waals surface area (Å²) >= 11 is 5.90. The Balaban J connectivity index is 1.65. The Labute approximate surface area is 137 Å². The van der Waals surface area contributed by atoms with Gasteiger partial charge in [-0.15, -0.1) is 0 Å². The van der Waals surface area contributed by atoms with E-state index in [9.17, 15) is 0 Å². The average molecular weight is 316 g/mol. The van der Waals surface area contributed by atoms with Crippen molar-refractivity contribution in [2.75, 3.05) is 13.1 Å². The summed E-state index contributed by atoms with van der Waals surface area (Å²) in [5.74, 6) is 2.50. The van der Waals surface area contributed by atoms with Crippen molar-refractivity contribution in [1.29, 1.82) is 0 Å². The van der Waals surface area contributed by atoms with E-state index in [4.69, 9.17) is 16.3 Å². The lowest BCUT2D eigenvalue weighted by atomic mass is 10.00. The van der Waals surface area contributed by atoms with Gasteiger partial charge in [-0.2, -0.15) is 0 Å². The highest BCUT2D eigenvalue weighted by molar-refractivity contribution is 6.30. The van der Waals surface area contributed by atoms with Crippen LogP contribution in [0.1, 0.15) is 25.3 Å². The van der Waals surface area contributed by atoms with Gasteiger partial charge in [-0.1, -0.05) is 30.7 Å². The smallest absolute Gasteiger partial charge is 0.127 e. The van der Waals surface area contributed by atoms with Crippen molar-refractivity contribution in [3.05, 3.63) is 59.1 Å². The average Bonchev–Trinajstić information content (AvgIpc) is 2.50. The van der Waals surface area contributed by atoms with Crippen molar-refractivity contribution in [1.82, 2.24) is 4.90 Å². The number of rotatable bonds is 4. The van der Waals surface area contributed by atoms with E-state index in [1.54, 1.807) is 0 Å². The molecule has 22 heavy (non-hydrogen) atoms. The number of likely N-dealkylation sites (tertiary alicyclic amines) is 1. The lowest BCUT2D eigenvalue weighted by Gasteiger charge is -2.30. The zero-order valence-corrected chi connectivity index (χ0v) is 13.7. The Bertz CT molecular complexity index is 611. The van der Waals surface area contributed by atoms with Gasteiger partial charge < -0.3 is 4.74 Å². The molecule has 0 spiro atoms. The van der Waals surface area contributed by atoms with Gasteiger partial charge in [-0.25, -0.2) is 0 Å². The third-order valence-electron chi connectivity index (χ3n) is 4.10. The Morgan fingerprint density at radius 3 is 2.73 bits per heavy atom. The zero-order valence-electron chi connectivity index (χ0n) is 13.0. The summed E-state index contributed by atoms with van der Waals surface area (Å²) in [6, 6.07) is 15.8. The molecule has 1 saturated heterocycles. The van der Waals surface area contributed by atoms with E-state index in [1.165, 1.54) is 31.5 Å². The van der Waals surface area contributed by atoms with Gasteiger partial charge >= 0.3 is 0 Å². The molecule has 2 aromatic rings. The van der Waals surface area contributed by atoms with Crippen molar-refractivity contribution >= 4 is 11.6 Å². The molecule has 1 unspecified atom stereocenters. The van der Waals surface area contributed by atoms with Crippen molar-refractivity contribution in [3.8, 4) is 11.5 Å². The number of benzene rings is 2. The van der Waals surface area contributed by atoms with E-state index < -0.39 is 0 Å². The van der Waals surface area contributed by atoms with Crippen LogP contribution in [0.5, 0.6) is 11.5 Å². The number of ether oxygens (including phenoxy) is 1. The van der Waals surface area contributed by atoms with E-state index >= 15 is 0 Å². The van der Waals surface area contributed by atoms with E-state index in [2.05, 4.69) is 30.0 Å². The third kappa shape index (κ3) is 4.25. The maximum Gasteiger partial charge on any atom is 0.127 e. The first kappa shape index (κ1) is 15.4. The molecule has 1 fully saturated rings. The molecule has 0 radical (unpaired) electrons. The number of nitrogens with zero attached hydrogens (tertiary/aromatic N) is 1. The molecule has 0 aliphatic carbocycles. The summed E-state index contributed by atoms with van der Waals surface area (Å²) in [5, 5.41) is 0.723. The van der Waals surface area contributed by atoms with Crippen molar-refractivity contribution < 1.29 is 4.74 Å². The predicted octanol–water partition coefficient (Wildman–Crippen LogP) is 5.36. The van der Waals surface area contributed by atoms with Crippen LogP contribution in [0.25, 0.3) is 0 Å². The van der Waals surface area contributed by atoms with Gasteiger partial charge in [0.25, 0.3) is 0 Å². The second kappa shape index (κ2) is 7.17. The van der Waals surface area contributed by atoms with Gasteiger partial charge in [0.2, 0.25) is 0 Å². The molecule has 1 aliphatic rings. The molecule has 2 aromatic carbocycles. The molecule has 3 heteroatoms. The first-order valence-corrected chi connectivity index (χ1v) is 8.31. The number of halogens is 1. The monoisotopic (exact) mass is 315 g/mol. The fourth-order valence-electron chi connectivity index (χ4n) is 3.03. The first-order chi connectivity index (χ1) is 10.7. The molecule has 1 aliphatic heterocycles. The second-order valence-electron chi connectivity index (χ2n) is 6.19. The molecule has 2 nitrogen and oxygen atoms in total. The van der Waals surface area contributed by atoms with E-state index in [-0.39, 0.29) is 0 Å². The van der Waals surface area contributed by atoms with E-state index in [0.717, 1.165) is 29.0 Å². The second-order valence-corrected chi connectivity index (χ2v) is 6.62. The Hall–Kier alpha value is -1.51. The maximum atomic E-state index is 5.91. The van der Waals surface area contributed by atoms with E-state index in [0.29, 0.717) is 0 Å². The van der Waals surface area contributed by atoms with Crippen LogP contribution < -0.4 is 4.74 Å². The first-order valence-electron chi connectivity index (χ1n) is 7.94. The SMILES string of the molecule is CC1CCCN(Cc2cccc(Oc3ccc(Cl)cc3)c2)C1. The Morgan fingerprint density at radius 2 is 1.95 bits per heavy atom. The molecule has 3 rings (SSSR count). The van der Waals surface area contributed by atoms with Crippen LogP contribution in [-0.2, 0) is 6.54 Å². The third-order valence-corrected chi connectivity index (χ3v) is 4.35. The molecule has 1 heterocycles. The van der Waals surface area contributed by atoms with Crippen LogP contribution in [0.2, 0.25) is 5.02 Å². The largest absolute Gasteiger partial charge is 0.457 e. The van der Waals surface area contributed by atoms with E-state index in [1.807, 2.05) is 30.3 Å². The summed E-state index contributed by atoms with van der Waals surface area (Å²) < 4.78 is 5.91. The number of piperidine rings is 1. The molecular weight excluding hydrogens is 294 g/mol. The van der Waals surface area contributed by atoms with Crippen LogP contribution in [-0.4, -0.2) is 18.0 Å². The van der Waals surface area contributed by atoms with Gasteiger partial charge in [-0.05, 0) is 67.3 Å². The summed E-state index contributed by atoms with van der Waals surface area (Å²) in [5.41, 5.74) is 1.31. The summed E-state index contributed by atoms with van der Waals surface area (Å²) in [4.78, 5) is 2.54. The lowest BCUT2D eigenvalue weighted by molar-refractivity contribution is 0.176. The molecule has 0 bridgehead atoms. The fourth-order valence-corrected chi connectivity index (χ4v) is 3.16. The molecular formula is C19H22ClNO. The minimum absolute atomic E-state index is 0.723. The van der Waals surface area contributed by atoms with Gasteiger partial charge in [-0.3, -0.25) is 4.90 Å². The summed E-state index contributed by atoms with van der Waals surface area (Å²) in [6.07, 6.45) is 2.67. The molecule has 0 saturated carbocycles. The van der Waals surface area contributed by atoms with Crippen molar-refractivity contribution in [3.63, 3.8) is 0 Å². The van der Waals surface area contributed by atoms with Crippen molar-refractivity contribution in [2.24, 2.45) is 5.92 Å². The standard InChI is InChI=1S/C19H22ClNO/c1-15-4-3-11-21(13-15)14-16-5-2-6-19(12-16)22-18-9-7-17(20)8-10-18/h2,5-10,12,15H,3-4,11,13-14H2,1H3. The summed E-state index contributed by atoms with van der Waals surface area (Å²) in [7, 11) is 0. The zero-order chi connectivity index (χ0) is 15.4. The highest BCUT2D eigenvalue weighted by Crippen LogP contribution is 2.25. The molecule has 0 aromatic heterocycles. The Morgan fingerprint density at radius 1 is 1.14 bits per heavy atom. The number of hydrogen-bond donors (Lipinski definition) is 0. The highest BCUT2D eigenvalue weighted by Gasteiger charge is 2.16. The maximum absolute atomic E-state index is 5.91. The van der Waals surface area contributed by atoms with Gasteiger partial charge in [0, 0.05) is 18.1 Å². The quantitative estimate of drug-likeness (QED) is 0.752. The van der Waals surface area contributed by atoms with Gasteiger partial charge in [0.15, 0.2) is 0 Å². The predicted molar refractivity (Wildman–Crippen MR) is 91.6 cm³/mol. The normalized spacial score (nSPS) is 19.1. The highest BCUT2D eigenvalue weighted by atomic mass is 35.5. The van der Waals surface area contributed by atoms with Crippen LogP contribution in [0.3, 0.4) is 0 Å². The van der Waals surface area contributed by atoms with Crippen molar-refractivity contribution in [2.45, 2.75) is 26.3 Å². The van der Waals surface area contributed by atoms with Crippen LogP contribution in [0.15, 0.2) is 48.5 Å². The molecule has 0 N–H and O–H groups in total. The minimum atomic E-state index is 0.723. The fraction of sp³-hybridized carbons (Fsp3) is 0.368. The van der Waals surface area contributed by atoms with Gasteiger partial charge in [0.05, 0.1) is 0 Å². The minimum Gasteiger partial charge on any atom is -0.457 e. The number of hydrogen-bond acceptors (Lipinski definition) is 2. The molecule has 1 atom stereocenters. The molecule has 0 amide bonds.